The Morgan fingerprint density at radius 1 is 1.10 bits per heavy atom. The van der Waals surface area contributed by atoms with Crippen molar-refractivity contribution in [2.24, 2.45) is 5.92 Å². The molecule has 0 radical (unpaired) electrons. The Labute approximate surface area is 119 Å². The molecule has 0 bridgehead atoms. The zero-order chi connectivity index (χ0) is 15.3. The Morgan fingerprint density at radius 3 is 2.10 bits per heavy atom. The Hall–Kier alpha value is -1.97. The smallest absolute Gasteiger partial charge is 0.307 e. The highest BCUT2D eigenvalue weighted by Crippen LogP contribution is 2.17. The Morgan fingerprint density at radius 2 is 1.65 bits per heavy atom. The molecule has 4 nitrogen and oxygen atoms in total. The lowest BCUT2D eigenvalue weighted by Gasteiger charge is -2.21. The second-order valence-electron chi connectivity index (χ2n) is 5.68. The molecular weight excluding hydrogens is 256 g/mol. The minimum absolute atomic E-state index is 0.222. The number of Topliss-reactive ketones (excluding diaryl/α,β-unsaturated/α-hetero) is 2. The fourth-order valence-corrected chi connectivity index (χ4v) is 1.77. The first-order valence-corrected chi connectivity index (χ1v) is 6.52. The van der Waals surface area contributed by atoms with Crippen LogP contribution in [-0.4, -0.2) is 23.1 Å². The number of hydrogen-bond acceptors (Lipinski definition) is 4. The standard InChI is InChI=1S/C16H20O4/c1-11(17)13(10-14(18)20-16(2,3)4)15(19)12-8-6-5-7-9-12/h5-9,13H,10H2,1-4H3. The minimum atomic E-state index is -0.979. The molecule has 0 N–H and O–H groups in total. The molecule has 0 spiro atoms. The van der Waals surface area contributed by atoms with Crippen LogP contribution in [0.2, 0.25) is 0 Å². The van der Waals surface area contributed by atoms with E-state index in [0.29, 0.717) is 5.56 Å². The lowest BCUT2D eigenvalue weighted by molar-refractivity contribution is -0.156. The van der Waals surface area contributed by atoms with Crippen LogP contribution in [0, 0.1) is 5.92 Å². The number of hydrogen-bond donors (Lipinski definition) is 0. The molecule has 4 heteroatoms. The van der Waals surface area contributed by atoms with Gasteiger partial charge in [-0.05, 0) is 27.7 Å². The van der Waals surface area contributed by atoms with Gasteiger partial charge in [-0.25, -0.2) is 0 Å². The molecule has 0 aliphatic heterocycles. The second-order valence-corrected chi connectivity index (χ2v) is 5.68. The van der Waals surface area contributed by atoms with Crippen molar-refractivity contribution in [3.8, 4) is 0 Å². The van der Waals surface area contributed by atoms with Crippen molar-refractivity contribution in [1.82, 2.24) is 0 Å². The monoisotopic (exact) mass is 276 g/mol. The Balaban J connectivity index is 2.83. The number of rotatable bonds is 5. The van der Waals surface area contributed by atoms with Gasteiger partial charge in [0.05, 0.1) is 12.3 Å². The highest BCUT2D eigenvalue weighted by atomic mass is 16.6. The molecular formula is C16H20O4. The fourth-order valence-electron chi connectivity index (χ4n) is 1.77. The van der Waals surface area contributed by atoms with Gasteiger partial charge in [-0.3, -0.25) is 14.4 Å². The summed E-state index contributed by atoms with van der Waals surface area (Å²) in [5.74, 6) is -2.19. The number of ketones is 2. The van der Waals surface area contributed by atoms with E-state index in [-0.39, 0.29) is 18.0 Å². The summed E-state index contributed by atoms with van der Waals surface area (Å²) in [6, 6.07) is 8.49. The molecule has 1 atom stereocenters. The molecule has 20 heavy (non-hydrogen) atoms. The normalized spacial score (nSPS) is 12.6. The van der Waals surface area contributed by atoms with Crippen LogP contribution in [0.5, 0.6) is 0 Å². The topological polar surface area (TPSA) is 60.4 Å². The third kappa shape index (κ3) is 4.96. The minimum Gasteiger partial charge on any atom is -0.460 e. The molecule has 1 rings (SSSR count). The molecule has 1 aromatic carbocycles. The highest BCUT2D eigenvalue weighted by Gasteiger charge is 2.29. The third-order valence-electron chi connectivity index (χ3n) is 2.66. The van der Waals surface area contributed by atoms with Gasteiger partial charge in [0.25, 0.3) is 0 Å². The molecule has 1 aromatic rings. The molecule has 0 heterocycles. The maximum atomic E-state index is 12.3. The summed E-state index contributed by atoms with van der Waals surface area (Å²) >= 11 is 0. The SMILES string of the molecule is CC(=O)C(CC(=O)OC(C)(C)C)C(=O)c1ccccc1. The predicted octanol–water partition coefficient (Wildman–Crippen LogP) is 2.81. The number of carbonyl (C=O) groups excluding carboxylic acids is 3. The van der Waals surface area contributed by atoms with Crippen LogP contribution < -0.4 is 0 Å². The summed E-state index contributed by atoms with van der Waals surface area (Å²) in [6.45, 7) is 6.54. The van der Waals surface area contributed by atoms with Crippen LogP contribution in [-0.2, 0) is 14.3 Å². The van der Waals surface area contributed by atoms with E-state index in [1.165, 1.54) is 6.92 Å². The Kier molecular flexibility index (Phi) is 5.19. The molecule has 0 amide bonds. The van der Waals surface area contributed by atoms with Crippen molar-refractivity contribution < 1.29 is 19.1 Å². The van der Waals surface area contributed by atoms with Gasteiger partial charge < -0.3 is 4.74 Å². The van der Waals surface area contributed by atoms with Gasteiger partial charge in [0.2, 0.25) is 0 Å². The van der Waals surface area contributed by atoms with E-state index in [1.54, 1.807) is 51.1 Å². The van der Waals surface area contributed by atoms with Crippen LogP contribution in [0.3, 0.4) is 0 Å². The third-order valence-corrected chi connectivity index (χ3v) is 2.66. The highest BCUT2D eigenvalue weighted by molar-refractivity contribution is 6.11. The number of esters is 1. The van der Waals surface area contributed by atoms with Gasteiger partial charge in [-0.1, -0.05) is 30.3 Å². The average molecular weight is 276 g/mol. The van der Waals surface area contributed by atoms with E-state index in [9.17, 15) is 14.4 Å². The largest absolute Gasteiger partial charge is 0.460 e. The first kappa shape index (κ1) is 16.1. The van der Waals surface area contributed by atoms with Crippen LogP contribution in [0.25, 0.3) is 0 Å². The van der Waals surface area contributed by atoms with Crippen molar-refractivity contribution in [3.05, 3.63) is 35.9 Å². The van der Waals surface area contributed by atoms with Gasteiger partial charge in [-0.15, -0.1) is 0 Å². The van der Waals surface area contributed by atoms with Crippen molar-refractivity contribution in [3.63, 3.8) is 0 Å². The summed E-state index contributed by atoms with van der Waals surface area (Å²) in [5.41, 5.74) is -0.204. The molecule has 0 saturated carbocycles. The second kappa shape index (κ2) is 6.46. The first-order valence-electron chi connectivity index (χ1n) is 6.52. The van der Waals surface area contributed by atoms with Gasteiger partial charge in [0, 0.05) is 5.56 Å². The summed E-state index contributed by atoms with van der Waals surface area (Å²) in [7, 11) is 0. The maximum absolute atomic E-state index is 12.3. The fraction of sp³-hybridized carbons (Fsp3) is 0.438. The lowest BCUT2D eigenvalue weighted by atomic mass is 9.91. The van der Waals surface area contributed by atoms with Gasteiger partial charge in [0.1, 0.15) is 11.4 Å². The van der Waals surface area contributed by atoms with Crippen LogP contribution in [0.4, 0.5) is 0 Å². The van der Waals surface area contributed by atoms with E-state index in [4.69, 9.17) is 4.74 Å². The van der Waals surface area contributed by atoms with E-state index in [2.05, 4.69) is 0 Å². The van der Waals surface area contributed by atoms with Crippen LogP contribution in [0.1, 0.15) is 44.5 Å². The summed E-state index contributed by atoms with van der Waals surface area (Å²) < 4.78 is 5.16. The molecule has 0 aliphatic rings. The first-order chi connectivity index (χ1) is 9.20. The molecule has 0 aromatic heterocycles. The predicted molar refractivity (Wildman–Crippen MR) is 75.4 cm³/mol. The maximum Gasteiger partial charge on any atom is 0.307 e. The van der Waals surface area contributed by atoms with Gasteiger partial charge in [-0.2, -0.15) is 0 Å². The van der Waals surface area contributed by atoms with E-state index >= 15 is 0 Å². The van der Waals surface area contributed by atoms with Crippen LogP contribution >= 0.6 is 0 Å². The molecule has 108 valence electrons. The summed E-state index contributed by atoms with van der Waals surface area (Å²) in [4.78, 5) is 35.7. The Bertz CT molecular complexity index is 497. The quantitative estimate of drug-likeness (QED) is 0.471. The van der Waals surface area contributed by atoms with Crippen molar-refractivity contribution in [2.75, 3.05) is 0 Å². The average Bonchev–Trinajstić information content (AvgIpc) is 2.34. The molecule has 1 unspecified atom stereocenters. The van der Waals surface area contributed by atoms with Crippen molar-refractivity contribution in [1.29, 1.82) is 0 Å². The summed E-state index contributed by atoms with van der Waals surface area (Å²) in [5, 5.41) is 0. The van der Waals surface area contributed by atoms with E-state index < -0.39 is 17.5 Å². The molecule has 0 saturated heterocycles. The number of benzene rings is 1. The van der Waals surface area contributed by atoms with Gasteiger partial charge in [0.15, 0.2) is 5.78 Å². The van der Waals surface area contributed by atoms with Crippen molar-refractivity contribution in [2.45, 2.75) is 39.7 Å². The van der Waals surface area contributed by atoms with Gasteiger partial charge >= 0.3 is 5.97 Å². The lowest BCUT2D eigenvalue weighted by Crippen LogP contribution is -2.30. The zero-order valence-corrected chi connectivity index (χ0v) is 12.3. The van der Waals surface area contributed by atoms with Crippen molar-refractivity contribution >= 4 is 17.5 Å². The number of ether oxygens (including phenoxy) is 1. The number of carbonyl (C=O) groups is 3. The zero-order valence-electron chi connectivity index (χ0n) is 12.3. The van der Waals surface area contributed by atoms with E-state index in [0.717, 1.165) is 0 Å². The molecule has 0 aliphatic carbocycles. The van der Waals surface area contributed by atoms with Crippen LogP contribution in [0.15, 0.2) is 30.3 Å². The molecule has 0 fully saturated rings. The summed E-state index contributed by atoms with van der Waals surface area (Å²) in [6.07, 6.45) is -0.222. The van der Waals surface area contributed by atoms with E-state index in [1.807, 2.05) is 0 Å².